The molecule has 1 aliphatic heterocycles. The van der Waals surface area contributed by atoms with Crippen LogP contribution < -0.4 is 10.2 Å². The van der Waals surface area contributed by atoms with E-state index in [-0.39, 0.29) is 17.7 Å². The van der Waals surface area contributed by atoms with E-state index in [0.717, 1.165) is 18.8 Å². The maximum absolute atomic E-state index is 13.1. The molecule has 0 bridgehead atoms. The number of amides is 2. The number of carbonyl (C=O) groups excluding carboxylic acids is 2. The summed E-state index contributed by atoms with van der Waals surface area (Å²) in [4.78, 5) is 29.7. The zero-order chi connectivity index (χ0) is 21.0. The van der Waals surface area contributed by atoms with Gasteiger partial charge in [-0.15, -0.1) is 0 Å². The summed E-state index contributed by atoms with van der Waals surface area (Å²) in [6, 6.07) is 13.8. The Hall–Kier alpha value is -2.24. The van der Waals surface area contributed by atoms with Gasteiger partial charge in [-0.05, 0) is 48.4 Å². The number of benzene rings is 2. The molecule has 7 heteroatoms. The Kier molecular flexibility index (Phi) is 7.04. The van der Waals surface area contributed by atoms with Crippen LogP contribution in [-0.2, 0) is 4.79 Å². The molecule has 0 aromatic heterocycles. The summed E-state index contributed by atoms with van der Waals surface area (Å²) in [5.41, 5.74) is 1.54. The molecule has 2 aromatic rings. The van der Waals surface area contributed by atoms with Crippen molar-refractivity contribution >= 4 is 40.7 Å². The molecule has 154 valence electrons. The van der Waals surface area contributed by atoms with E-state index in [9.17, 15) is 9.59 Å². The maximum atomic E-state index is 13.1. The number of rotatable bonds is 5. The largest absolute Gasteiger partial charge is 0.368 e. The van der Waals surface area contributed by atoms with Gasteiger partial charge in [0.15, 0.2) is 0 Å². The van der Waals surface area contributed by atoms with Crippen LogP contribution in [0.2, 0.25) is 10.0 Å². The van der Waals surface area contributed by atoms with Gasteiger partial charge in [-0.3, -0.25) is 9.59 Å². The van der Waals surface area contributed by atoms with Crippen molar-refractivity contribution in [3.05, 3.63) is 64.1 Å². The molecule has 0 spiro atoms. The van der Waals surface area contributed by atoms with Gasteiger partial charge in [-0.2, -0.15) is 0 Å². The van der Waals surface area contributed by atoms with Crippen molar-refractivity contribution in [3.63, 3.8) is 0 Å². The standard InChI is InChI=1S/C22H25Cl2N3O2/c1-15(2)20(25-21(28)16-6-8-17(23)9-7-16)22(29)27-12-10-26(11-13-27)19-5-3-4-18(24)14-19/h3-9,14-15,20H,10-13H2,1-2H3,(H,25,28). The second kappa shape index (κ2) is 9.51. The van der Waals surface area contributed by atoms with Crippen molar-refractivity contribution in [1.29, 1.82) is 0 Å². The third-order valence-electron chi connectivity index (χ3n) is 5.09. The summed E-state index contributed by atoms with van der Waals surface area (Å²) < 4.78 is 0. The fourth-order valence-corrected chi connectivity index (χ4v) is 3.70. The van der Waals surface area contributed by atoms with Crippen molar-refractivity contribution < 1.29 is 9.59 Å². The van der Waals surface area contributed by atoms with Crippen molar-refractivity contribution in [2.75, 3.05) is 31.1 Å². The van der Waals surface area contributed by atoms with Gasteiger partial charge in [0.05, 0.1) is 0 Å². The number of nitrogens with zero attached hydrogens (tertiary/aromatic N) is 2. The van der Waals surface area contributed by atoms with Crippen LogP contribution in [0.3, 0.4) is 0 Å². The van der Waals surface area contributed by atoms with E-state index in [2.05, 4.69) is 10.2 Å². The van der Waals surface area contributed by atoms with Gasteiger partial charge in [0.25, 0.3) is 5.91 Å². The molecular formula is C22H25Cl2N3O2. The number of piperazine rings is 1. The fraction of sp³-hybridized carbons (Fsp3) is 0.364. The molecule has 2 amide bonds. The smallest absolute Gasteiger partial charge is 0.251 e. The summed E-state index contributed by atoms with van der Waals surface area (Å²) in [6.07, 6.45) is 0. The SMILES string of the molecule is CC(C)C(NC(=O)c1ccc(Cl)cc1)C(=O)N1CCN(c2cccc(Cl)c2)CC1. The molecule has 2 aromatic carbocycles. The normalized spacial score (nSPS) is 15.3. The minimum atomic E-state index is -0.573. The van der Waals surface area contributed by atoms with Crippen LogP contribution in [0.25, 0.3) is 0 Å². The van der Waals surface area contributed by atoms with E-state index < -0.39 is 6.04 Å². The third kappa shape index (κ3) is 5.43. The molecule has 5 nitrogen and oxygen atoms in total. The Morgan fingerprint density at radius 3 is 2.17 bits per heavy atom. The lowest BCUT2D eigenvalue weighted by Crippen LogP contribution is -2.56. The van der Waals surface area contributed by atoms with Crippen molar-refractivity contribution in [1.82, 2.24) is 10.2 Å². The number of hydrogen-bond acceptors (Lipinski definition) is 3. The highest BCUT2D eigenvalue weighted by Crippen LogP contribution is 2.21. The second-order valence-electron chi connectivity index (χ2n) is 7.49. The molecule has 1 unspecified atom stereocenters. The highest BCUT2D eigenvalue weighted by atomic mass is 35.5. The summed E-state index contributed by atoms with van der Waals surface area (Å²) in [5, 5.41) is 4.16. The van der Waals surface area contributed by atoms with E-state index in [1.807, 2.05) is 43.0 Å². The second-order valence-corrected chi connectivity index (χ2v) is 8.37. The predicted octanol–water partition coefficient (Wildman–Crippen LogP) is 4.10. The molecule has 1 heterocycles. The van der Waals surface area contributed by atoms with Gasteiger partial charge in [0.1, 0.15) is 6.04 Å². The van der Waals surface area contributed by atoms with Crippen molar-refractivity contribution in [2.24, 2.45) is 5.92 Å². The Bertz CT molecular complexity index is 863. The molecule has 3 rings (SSSR count). The quantitative estimate of drug-likeness (QED) is 0.771. The van der Waals surface area contributed by atoms with Gasteiger partial charge in [-0.1, -0.05) is 43.1 Å². The minimum Gasteiger partial charge on any atom is -0.368 e. The van der Waals surface area contributed by atoms with E-state index in [1.165, 1.54) is 0 Å². The average Bonchev–Trinajstić information content (AvgIpc) is 2.72. The molecule has 1 aliphatic rings. The first-order valence-electron chi connectivity index (χ1n) is 9.71. The summed E-state index contributed by atoms with van der Waals surface area (Å²) >= 11 is 12.0. The molecule has 0 aliphatic carbocycles. The molecule has 1 saturated heterocycles. The molecule has 1 fully saturated rings. The van der Waals surface area contributed by atoms with Gasteiger partial charge in [0.2, 0.25) is 5.91 Å². The van der Waals surface area contributed by atoms with Crippen LogP contribution >= 0.6 is 23.2 Å². The molecule has 1 atom stereocenters. The van der Waals surface area contributed by atoms with Gasteiger partial charge >= 0.3 is 0 Å². The Morgan fingerprint density at radius 1 is 0.931 bits per heavy atom. The van der Waals surface area contributed by atoms with Gasteiger partial charge in [-0.25, -0.2) is 0 Å². The fourth-order valence-electron chi connectivity index (χ4n) is 3.39. The Labute approximate surface area is 181 Å². The molecule has 29 heavy (non-hydrogen) atoms. The molecule has 0 saturated carbocycles. The van der Waals surface area contributed by atoms with E-state index >= 15 is 0 Å². The third-order valence-corrected chi connectivity index (χ3v) is 5.58. The van der Waals surface area contributed by atoms with E-state index in [0.29, 0.717) is 28.7 Å². The number of anilines is 1. The predicted molar refractivity (Wildman–Crippen MR) is 118 cm³/mol. The number of hydrogen-bond donors (Lipinski definition) is 1. The zero-order valence-corrected chi connectivity index (χ0v) is 18.1. The summed E-state index contributed by atoms with van der Waals surface area (Å²) in [7, 11) is 0. The minimum absolute atomic E-state index is 0.0234. The first-order valence-corrected chi connectivity index (χ1v) is 10.5. The highest BCUT2D eigenvalue weighted by molar-refractivity contribution is 6.31. The van der Waals surface area contributed by atoms with E-state index in [1.54, 1.807) is 24.3 Å². The summed E-state index contributed by atoms with van der Waals surface area (Å²) in [5.74, 6) is -0.343. The van der Waals surface area contributed by atoms with Crippen molar-refractivity contribution in [3.8, 4) is 0 Å². The highest BCUT2D eigenvalue weighted by Gasteiger charge is 2.31. The lowest BCUT2D eigenvalue weighted by molar-refractivity contribution is -0.134. The number of nitrogens with one attached hydrogen (secondary N) is 1. The first kappa shape index (κ1) is 21.5. The van der Waals surface area contributed by atoms with Crippen LogP contribution in [0.1, 0.15) is 24.2 Å². The topological polar surface area (TPSA) is 52.7 Å². The number of carbonyl (C=O) groups is 2. The van der Waals surface area contributed by atoms with Crippen LogP contribution in [0.5, 0.6) is 0 Å². The van der Waals surface area contributed by atoms with Crippen LogP contribution in [0.15, 0.2) is 48.5 Å². The first-order chi connectivity index (χ1) is 13.8. The van der Waals surface area contributed by atoms with Crippen LogP contribution in [0.4, 0.5) is 5.69 Å². The monoisotopic (exact) mass is 433 g/mol. The van der Waals surface area contributed by atoms with Crippen LogP contribution in [-0.4, -0.2) is 48.9 Å². The Balaban J connectivity index is 1.62. The van der Waals surface area contributed by atoms with E-state index in [4.69, 9.17) is 23.2 Å². The average molecular weight is 434 g/mol. The molecule has 1 N–H and O–H groups in total. The van der Waals surface area contributed by atoms with Gasteiger partial charge < -0.3 is 15.1 Å². The van der Waals surface area contributed by atoms with Gasteiger partial charge in [0, 0.05) is 47.5 Å². The van der Waals surface area contributed by atoms with Crippen LogP contribution in [0, 0.1) is 5.92 Å². The lowest BCUT2D eigenvalue weighted by atomic mass is 10.0. The van der Waals surface area contributed by atoms with Crippen molar-refractivity contribution in [2.45, 2.75) is 19.9 Å². The zero-order valence-electron chi connectivity index (χ0n) is 16.6. The summed E-state index contributed by atoms with van der Waals surface area (Å²) in [6.45, 7) is 6.53. The maximum Gasteiger partial charge on any atom is 0.251 e. The molecule has 0 radical (unpaired) electrons. The molecular weight excluding hydrogens is 409 g/mol. The number of halogens is 2. The lowest BCUT2D eigenvalue weighted by Gasteiger charge is -2.38. The Morgan fingerprint density at radius 2 is 1.59 bits per heavy atom.